The van der Waals surface area contributed by atoms with Gasteiger partial charge in [-0.2, -0.15) is 0 Å². The zero-order valence-corrected chi connectivity index (χ0v) is 19.3. The van der Waals surface area contributed by atoms with Crippen LogP contribution in [0, 0.1) is 5.92 Å². The average molecular weight is 441 g/mol. The van der Waals surface area contributed by atoms with Crippen LogP contribution in [0.3, 0.4) is 0 Å². The van der Waals surface area contributed by atoms with Gasteiger partial charge < -0.3 is 15.2 Å². The molecule has 1 aromatic carbocycles. The second-order valence-corrected chi connectivity index (χ2v) is 9.80. The van der Waals surface area contributed by atoms with E-state index < -0.39 is 0 Å². The Morgan fingerprint density at radius 2 is 1.94 bits per heavy atom. The number of hydrogen-bond donors (Lipinski definition) is 2. The zero-order chi connectivity index (χ0) is 22.2. The third-order valence-corrected chi connectivity index (χ3v) is 7.71. The van der Waals surface area contributed by atoms with Crippen molar-refractivity contribution in [1.29, 1.82) is 0 Å². The molecule has 0 amide bonds. The van der Waals surface area contributed by atoms with Gasteiger partial charge in [0.1, 0.15) is 23.6 Å². The molecule has 0 bridgehead atoms. The molecule has 0 radical (unpaired) electrons. The molecule has 33 heavy (non-hydrogen) atoms. The summed E-state index contributed by atoms with van der Waals surface area (Å²) in [6, 6.07) is 14.4. The van der Waals surface area contributed by atoms with Gasteiger partial charge in [0, 0.05) is 30.7 Å². The van der Waals surface area contributed by atoms with Gasteiger partial charge in [0.25, 0.3) is 0 Å². The van der Waals surface area contributed by atoms with Crippen molar-refractivity contribution in [2.24, 2.45) is 5.92 Å². The van der Waals surface area contributed by atoms with Crippen LogP contribution in [0.15, 0.2) is 48.9 Å². The average Bonchev–Trinajstić information content (AvgIpc) is 3.46. The first-order chi connectivity index (χ1) is 16.3. The largest absolute Gasteiger partial charge is 0.372 e. The van der Waals surface area contributed by atoms with Crippen LogP contribution < -0.4 is 10.6 Å². The van der Waals surface area contributed by atoms with Gasteiger partial charge in [-0.05, 0) is 87.1 Å². The molecule has 3 aromatic heterocycles. The van der Waals surface area contributed by atoms with Gasteiger partial charge in [-0.3, -0.25) is 0 Å². The van der Waals surface area contributed by atoms with Crippen molar-refractivity contribution in [2.75, 3.05) is 17.7 Å². The number of hydrogen-bond acceptors (Lipinski definition) is 5. The van der Waals surface area contributed by atoms with E-state index in [4.69, 9.17) is 4.98 Å². The lowest BCUT2D eigenvalue weighted by molar-refractivity contribution is 0.444. The number of fused-ring (bicyclic) bond motifs is 2. The minimum absolute atomic E-state index is 0.533. The molecular weight excluding hydrogens is 408 g/mol. The van der Waals surface area contributed by atoms with Crippen LogP contribution in [-0.2, 0) is 6.42 Å². The molecule has 0 saturated heterocycles. The summed E-state index contributed by atoms with van der Waals surface area (Å²) in [6.45, 7) is 0. The molecule has 170 valence electrons. The monoisotopic (exact) mass is 440 g/mol. The van der Waals surface area contributed by atoms with Gasteiger partial charge in [0.15, 0.2) is 0 Å². The van der Waals surface area contributed by atoms with Crippen LogP contribution in [0.25, 0.3) is 21.9 Å². The molecule has 3 heterocycles. The van der Waals surface area contributed by atoms with Crippen LogP contribution in [0.5, 0.6) is 0 Å². The van der Waals surface area contributed by atoms with E-state index in [0.29, 0.717) is 12.1 Å². The highest BCUT2D eigenvalue weighted by Crippen LogP contribution is 2.39. The number of benzene rings is 1. The Labute approximate surface area is 194 Å². The highest BCUT2D eigenvalue weighted by molar-refractivity contribution is 5.87. The van der Waals surface area contributed by atoms with Crippen LogP contribution >= 0.6 is 0 Å². The first kappa shape index (κ1) is 20.5. The second kappa shape index (κ2) is 8.65. The molecule has 2 atom stereocenters. The zero-order valence-electron chi connectivity index (χ0n) is 19.3. The number of nitrogens with zero attached hydrogens (tertiary/aromatic N) is 4. The van der Waals surface area contributed by atoms with Crippen LogP contribution in [-0.4, -0.2) is 32.6 Å². The van der Waals surface area contributed by atoms with E-state index in [-0.39, 0.29) is 0 Å². The maximum atomic E-state index is 4.89. The Kier molecular flexibility index (Phi) is 5.36. The van der Waals surface area contributed by atoms with Crippen molar-refractivity contribution >= 4 is 33.6 Å². The summed E-state index contributed by atoms with van der Waals surface area (Å²) < 4.78 is 2.37. The molecule has 2 aliphatic rings. The molecule has 0 unspecified atom stereocenters. The fourth-order valence-electron chi connectivity index (χ4n) is 5.56. The lowest BCUT2D eigenvalue weighted by Gasteiger charge is -2.26. The Morgan fingerprint density at radius 1 is 1.03 bits per heavy atom. The lowest BCUT2D eigenvalue weighted by Crippen LogP contribution is -2.27. The van der Waals surface area contributed by atoms with Gasteiger partial charge in [-0.15, -0.1) is 0 Å². The highest BCUT2D eigenvalue weighted by Gasteiger charge is 2.27. The SMILES string of the molecule is CNc1ncnc2c1ccn2[C@H]1CC[C@@H](CCc2ccc3ccc(NC4CCC4)nc3c2)C1. The van der Waals surface area contributed by atoms with Crippen molar-refractivity contribution in [3.63, 3.8) is 0 Å². The molecule has 2 saturated carbocycles. The van der Waals surface area contributed by atoms with E-state index in [2.05, 4.69) is 67.8 Å². The van der Waals surface area contributed by atoms with Crippen molar-refractivity contribution in [3.8, 4) is 0 Å². The first-order valence-corrected chi connectivity index (χ1v) is 12.4. The molecule has 2 fully saturated rings. The van der Waals surface area contributed by atoms with E-state index in [1.54, 1.807) is 6.33 Å². The second-order valence-electron chi connectivity index (χ2n) is 9.80. The van der Waals surface area contributed by atoms with Crippen molar-refractivity contribution < 1.29 is 0 Å². The van der Waals surface area contributed by atoms with Crippen LogP contribution in [0.2, 0.25) is 0 Å². The summed E-state index contributed by atoms with van der Waals surface area (Å²) in [5.41, 5.74) is 3.56. The number of anilines is 2. The Morgan fingerprint density at radius 3 is 2.79 bits per heavy atom. The number of aromatic nitrogens is 4. The van der Waals surface area contributed by atoms with Gasteiger partial charge in [-0.1, -0.05) is 12.1 Å². The van der Waals surface area contributed by atoms with E-state index in [1.807, 2.05) is 7.05 Å². The van der Waals surface area contributed by atoms with Crippen molar-refractivity contribution in [1.82, 2.24) is 19.5 Å². The van der Waals surface area contributed by atoms with E-state index in [0.717, 1.165) is 40.5 Å². The molecule has 6 nitrogen and oxygen atoms in total. The molecule has 6 heteroatoms. The summed E-state index contributed by atoms with van der Waals surface area (Å²) in [6.07, 6.45) is 13.8. The summed E-state index contributed by atoms with van der Waals surface area (Å²) in [7, 11) is 1.92. The summed E-state index contributed by atoms with van der Waals surface area (Å²) in [5.74, 6) is 2.68. The maximum absolute atomic E-state index is 4.89. The highest BCUT2D eigenvalue weighted by atomic mass is 15.1. The Bertz CT molecular complexity index is 1270. The summed E-state index contributed by atoms with van der Waals surface area (Å²) in [4.78, 5) is 13.8. The molecule has 2 N–H and O–H groups in total. The quantitative estimate of drug-likeness (QED) is 0.371. The number of nitrogens with one attached hydrogen (secondary N) is 2. The predicted molar refractivity (Wildman–Crippen MR) is 135 cm³/mol. The number of rotatable bonds is 7. The van der Waals surface area contributed by atoms with Gasteiger partial charge in [0.05, 0.1) is 10.9 Å². The predicted octanol–water partition coefficient (Wildman–Crippen LogP) is 5.96. The maximum Gasteiger partial charge on any atom is 0.145 e. The van der Waals surface area contributed by atoms with Gasteiger partial charge in [0.2, 0.25) is 0 Å². The van der Waals surface area contributed by atoms with Crippen molar-refractivity contribution in [3.05, 3.63) is 54.5 Å². The summed E-state index contributed by atoms with van der Waals surface area (Å²) in [5, 5.41) is 9.09. The molecule has 6 rings (SSSR count). The Balaban J connectivity index is 1.11. The third kappa shape index (κ3) is 4.03. The van der Waals surface area contributed by atoms with Gasteiger partial charge in [-0.25, -0.2) is 15.0 Å². The van der Waals surface area contributed by atoms with E-state index >= 15 is 0 Å². The first-order valence-electron chi connectivity index (χ1n) is 12.4. The lowest BCUT2D eigenvalue weighted by atomic mass is 9.93. The van der Waals surface area contributed by atoms with E-state index in [9.17, 15) is 0 Å². The standard InChI is InChI=1S/C27H32N6/c1-28-26-23-13-14-33(27(23)30-17-29-26)22-11-8-18(15-22)5-6-19-7-9-20-10-12-25(32-24(20)16-19)31-21-3-2-4-21/h7,9-10,12-14,16-18,21-22H,2-6,8,11,15H2,1H3,(H,31,32)(H,28,29,30)/t18-,22+/m1/s1. The fourth-order valence-corrected chi connectivity index (χ4v) is 5.56. The molecule has 2 aliphatic carbocycles. The third-order valence-electron chi connectivity index (χ3n) is 7.71. The van der Waals surface area contributed by atoms with E-state index in [1.165, 1.54) is 55.9 Å². The van der Waals surface area contributed by atoms with Gasteiger partial charge >= 0.3 is 0 Å². The smallest absolute Gasteiger partial charge is 0.145 e. The van der Waals surface area contributed by atoms with Crippen LogP contribution in [0.1, 0.15) is 56.6 Å². The number of pyridine rings is 1. The fraction of sp³-hybridized carbons (Fsp3) is 0.444. The molecule has 0 spiro atoms. The molecular formula is C27H32N6. The number of aryl methyl sites for hydroxylation is 1. The molecule has 0 aliphatic heterocycles. The minimum atomic E-state index is 0.533. The topological polar surface area (TPSA) is 67.7 Å². The summed E-state index contributed by atoms with van der Waals surface area (Å²) >= 11 is 0. The van der Waals surface area contributed by atoms with Crippen LogP contribution in [0.4, 0.5) is 11.6 Å². The Hall–Kier alpha value is -3.15. The normalized spacial score (nSPS) is 20.9. The van der Waals surface area contributed by atoms with Crippen molar-refractivity contribution in [2.45, 2.75) is 63.5 Å². The molecule has 4 aromatic rings. The minimum Gasteiger partial charge on any atom is -0.372 e.